The van der Waals surface area contributed by atoms with E-state index in [1.165, 1.54) is 65.9 Å². The lowest BCUT2D eigenvalue weighted by atomic mass is 9.91. The molecule has 65 heavy (non-hydrogen) atoms. The largest absolute Gasteiger partial charge is 0.316 e. The van der Waals surface area contributed by atoms with Gasteiger partial charge in [0.2, 0.25) is 0 Å². The number of allylic oxidation sites excluding steroid dienone is 4. The van der Waals surface area contributed by atoms with Crippen molar-refractivity contribution in [2.45, 2.75) is 13.8 Å². The van der Waals surface area contributed by atoms with Gasteiger partial charge in [-0.2, -0.15) is 0 Å². The van der Waals surface area contributed by atoms with Gasteiger partial charge in [-0.15, -0.1) is 0 Å². The summed E-state index contributed by atoms with van der Waals surface area (Å²) in [7, 11) is 0. The van der Waals surface area contributed by atoms with Crippen LogP contribution in [0.2, 0.25) is 0 Å². The van der Waals surface area contributed by atoms with Crippen molar-refractivity contribution < 1.29 is 0 Å². The Morgan fingerprint density at radius 1 is 0.354 bits per heavy atom. The van der Waals surface area contributed by atoms with Crippen molar-refractivity contribution in [3.8, 4) is 33.6 Å². The first-order valence-electron chi connectivity index (χ1n) is 22.4. The third-order valence-corrected chi connectivity index (χ3v) is 13.3. The second-order valence-corrected chi connectivity index (χ2v) is 17.2. The average molecular weight is 832 g/mol. The monoisotopic (exact) mass is 831 g/mol. The molecule has 0 bridgehead atoms. The van der Waals surface area contributed by atoms with Crippen LogP contribution in [0.1, 0.15) is 22.3 Å². The summed E-state index contributed by atoms with van der Waals surface area (Å²) in [6.45, 7) is 9.07. The topological polar surface area (TPSA) is 13.1 Å². The van der Waals surface area contributed by atoms with Crippen LogP contribution >= 0.6 is 0 Å². The number of hydrogen-bond acceptors (Lipinski definition) is 1. The van der Waals surface area contributed by atoms with Gasteiger partial charge in [0.05, 0.1) is 27.8 Å². The Balaban J connectivity index is 1.04. The molecule has 0 unspecified atom stereocenters. The Bertz CT molecular complexity index is 3690. The quantitative estimate of drug-likeness (QED) is 0.163. The predicted molar refractivity (Wildman–Crippen MR) is 277 cm³/mol. The molecule has 0 N–H and O–H groups in total. The summed E-state index contributed by atoms with van der Waals surface area (Å²) < 4.78 is 4.75. The van der Waals surface area contributed by atoms with Gasteiger partial charge in [0, 0.05) is 50.4 Å². The summed E-state index contributed by atoms with van der Waals surface area (Å²) in [4.78, 5) is 2.37. The van der Waals surface area contributed by atoms with Crippen molar-refractivity contribution in [2.24, 2.45) is 0 Å². The standard InChI is InChI=1S/C62H45N3/c1-41-15-7-8-18-51(41)56-37-45(27-25-43(56)3)47-28-26-42(2)52-35-29-46(44-30-36-61-57(38-44)55-21-11-14-24-60(55)64(61)49-16-5-4-6-17-49)39-62(52)63(40-47)48-31-33-50(34-32-48)65-58-22-12-9-19-53(58)54-20-10-13-23-59(54)65/h4-40H,2H2,1,3H3/b28-26-,47-40+. The summed E-state index contributed by atoms with van der Waals surface area (Å²) >= 11 is 0. The lowest BCUT2D eigenvalue weighted by molar-refractivity contribution is 1.17. The first-order chi connectivity index (χ1) is 32.0. The summed E-state index contributed by atoms with van der Waals surface area (Å²) in [6, 6.07) is 75.1. The molecule has 12 rings (SSSR count). The van der Waals surface area contributed by atoms with Gasteiger partial charge in [-0.05, 0) is 143 Å². The van der Waals surface area contributed by atoms with Crippen LogP contribution in [0.3, 0.4) is 0 Å². The van der Waals surface area contributed by atoms with Gasteiger partial charge in [-0.3, -0.25) is 0 Å². The van der Waals surface area contributed by atoms with Gasteiger partial charge in [0.1, 0.15) is 0 Å². The van der Waals surface area contributed by atoms with Gasteiger partial charge < -0.3 is 14.0 Å². The third kappa shape index (κ3) is 6.43. The zero-order chi connectivity index (χ0) is 43.6. The highest BCUT2D eigenvalue weighted by atomic mass is 15.1. The van der Waals surface area contributed by atoms with Gasteiger partial charge >= 0.3 is 0 Å². The molecule has 0 spiro atoms. The van der Waals surface area contributed by atoms with E-state index in [0.717, 1.165) is 56.1 Å². The number of hydrogen-bond donors (Lipinski definition) is 0. The highest BCUT2D eigenvalue weighted by Gasteiger charge is 2.21. The van der Waals surface area contributed by atoms with Crippen molar-refractivity contribution in [2.75, 3.05) is 4.90 Å². The Hall–Kier alpha value is -8.40. The molecule has 0 aliphatic carbocycles. The first-order valence-corrected chi connectivity index (χ1v) is 22.4. The molecule has 308 valence electrons. The second kappa shape index (κ2) is 15.4. The van der Waals surface area contributed by atoms with E-state index in [4.69, 9.17) is 0 Å². The highest BCUT2D eigenvalue weighted by molar-refractivity contribution is 6.11. The van der Waals surface area contributed by atoms with E-state index in [9.17, 15) is 0 Å². The van der Waals surface area contributed by atoms with E-state index in [1.807, 2.05) is 0 Å². The van der Waals surface area contributed by atoms with E-state index in [-0.39, 0.29) is 0 Å². The summed E-state index contributed by atoms with van der Waals surface area (Å²) in [5.74, 6) is 0. The van der Waals surface area contributed by atoms with Crippen LogP contribution in [0.5, 0.6) is 0 Å². The molecule has 3 nitrogen and oxygen atoms in total. The van der Waals surface area contributed by atoms with Gasteiger partial charge in [0.15, 0.2) is 0 Å². The predicted octanol–water partition coefficient (Wildman–Crippen LogP) is 16.6. The maximum absolute atomic E-state index is 4.67. The van der Waals surface area contributed by atoms with Crippen molar-refractivity contribution >= 4 is 66.1 Å². The molecule has 0 fully saturated rings. The van der Waals surface area contributed by atoms with Gasteiger partial charge in [-0.1, -0.05) is 146 Å². The number of anilines is 2. The van der Waals surface area contributed by atoms with Crippen LogP contribution in [0.15, 0.2) is 231 Å². The molecular weight excluding hydrogens is 787 g/mol. The van der Waals surface area contributed by atoms with Crippen LogP contribution in [0.25, 0.3) is 88.4 Å². The molecule has 0 saturated heterocycles. The minimum absolute atomic E-state index is 0.955. The molecular formula is C62H45N3. The van der Waals surface area contributed by atoms with E-state index >= 15 is 0 Å². The third-order valence-electron chi connectivity index (χ3n) is 13.3. The number of aromatic nitrogens is 2. The van der Waals surface area contributed by atoms with Crippen molar-refractivity contribution in [1.82, 2.24) is 9.13 Å². The highest BCUT2D eigenvalue weighted by Crippen LogP contribution is 2.42. The number of rotatable bonds is 6. The fraction of sp³-hybridized carbons (Fsp3) is 0.0323. The molecule has 3 heteroatoms. The Morgan fingerprint density at radius 3 is 1.57 bits per heavy atom. The van der Waals surface area contributed by atoms with Gasteiger partial charge in [-0.25, -0.2) is 0 Å². The number of nitrogens with zero attached hydrogens (tertiary/aromatic N) is 3. The SMILES string of the molecule is C=C1/C=C\C(c2ccc(C)c(-c3ccccc3C)c2)=C/N(c2ccc(-n3c4ccccc4c4ccccc43)cc2)c2cc(-c3ccc4c(c3)c3ccccc3n4-c3ccccc3)ccc21. The lowest BCUT2D eigenvalue weighted by Gasteiger charge is -2.28. The zero-order valence-corrected chi connectivity index (χ0v) is 36.4. The minimum Gasteiger partial charge on any atom is -0.316 e. The zero-order valence-electron chi connectivity index (χ0n) is 36.4. The fourth-order valence-corrected chi connectivity index (χ4v) is 10.0. The van der Waals surface area contributed by atoms with E-state index < -0.39 is 0 Å². The van der Waals surface area contributed by atoms with Crippen molar-refractivity contribution in [3.05, 3.63) is 253 Å². The molecule has 9 aromatic carbocycles. The van der Waals surface area contributed by atoms with Crippen molar-refractivity contribution in [1.29, 1.82) is 0 Å². The first kappa shape index (κ1) is 38.3. The van der Waals surface area contributed by atoms with Crippen LogP contribution < -0.4 is 4.90 Å². The number of benzene rings is 9. The van der Waals surface area contributed by atoms with Crippen LogP contribution in [0.4, 0.5) is 11.4 Å². The molecule has 0 radical (unpaired) electrons. The van der Waals surface area contributed by atoms with Crippen molar-refractivity contribution in [3.63, 3.8) is 0 Å². The molecule has 1 aliphatic rings. The Morgan fingerprint density at radius 2 is 0.877 bits per heavy atom. The normalized spacial score (nSPS) is 14.1. The smallest absolute Gasteiger partial charge is 0.0541 e. The summed E-state index contributed by atoms with van der Waals surface area (Å²) in [5, 5.41) is 4.96. The van der Waals surface area contributed by atoms with E-state index in [2.05, 4.69) is 259 Å². The maximum atomic E-state index is 4.67. The second-order valence-electron chi connectivity index (χ2n) is 17.2. The van der Waals surface area contributed by atoms with Crippen LogP contribution in [-0.2, 0) is 0 Å². The molecule has 2 aromatic heterocycles. The maximum Gasteiger partial charge on any atom is 0.0541 e. The Labute approximate surface area is 379 Å². The number of fused-ring (bicyclic) bond motifs is 7. The average Bonchev–Trinajstić information content (AvgIpc) is 3.87. The van der Waals surface area contributed by atoms with Gasteiger partial charge in [0.25, 0.3) is 0 Å². The number of para-hydroxylation sites is 4. The van der Waals surface area contributed by atoms with E-state index in [1.54, 1.807) is 0 Å². The fourth-order valence-electron chi connectivity index (χ4n) is 10.0. The molecule has 1 aliphatic heterocycles. The minimum atomic E-state index is 0.955. The van der Waals surface area contributed by atoms with E-state index in [0.29, 0.717) is 0 Å². The van der Waals surface area contributed by atoms with Crippen LogP contribution in [-0.4, -0.2) is 9.13 Å². The molecule has 0 saturated carbocycles. The molecule has 11 aromatic rings. The molecule has 0 amide bonds. The molecule has 0 atom stereocenters. The van der Waals surface area contributed by atoms with Crippen LogP contribution in [0, 0.1) is 13.8 Å². The summed E-state index contributed by atoms with van der Waals surface area (Å²) in [6.07, 6.45) is 6.70. The Kier molecular flexibility index (Phi) is 9.10. The lowest BCUT2D eigenvalue weighted by Crippen LogP contribution is -2.13. The number of aryl methyl sites for hydroxylation is 2. The molecule has 3 heterocycles. The summed E-state index contributed by atoms with van der Waals surface area (Å²) in [5.41, 5.74) is 20.7.